The second kappa shape index (κ2) is 12.1. The van der Waals surface area contributed by atoms with Gasteiger partial charge in [0.2, 0.25) is 0 Å². The summed E-state index contributed by atoms with van der Waals surface area (Å²) in [5, 5.41) is 21.3. The molecule has 26 heavy (non-hydrogen) atoms. The Bertz CT molecular complexity index is 571. The van der Waals surface area contributed by atoms with E-state index < -0.39 is 4.92 Å². The van der Waals surface area contributed by atoms with Crippen molar-refractivity contribution in [1.29, 1.82) is 0 Å². The van der Waals surface area contributed by atoms with Crippen molar-refractivity contribution in [2.75, 3.05) is 13.6 Å². The summed E-state index contributed by atoms with van der Waals surface area (Å²) >= 11 is 0. The Morgan fingerprint density at radius 2 is 2.19 bits per heavy atom. The lowest BCUT2D eigenvalue weighted by molar-refractivity contribution is -0.385. The molecule has 0 aromatic carbocycles. The van der Waals surface area contributed by atoms with Gasteiger partial charge in [-0.25, -0.2) is 0 Å². The molecule has 1 atom stereocenters. The third kappa shape index (κ3) is 7.88. The number of hydrogen-bond acceptors (Lipinski definition) is 4. The van der Waals surface area contributed by atoms with Crippen molar-refractivity contribution in [3.8, 4) is 0 Å². The zero-order chi connectivity index (χ0) is 18.1. The molecule has 2 N–H and O–H groups in total. The fourth-order valence-electron chi connectivity index (χ4n) is 3.32. The molecule has 1 heterocycles. The standard InChI is InChI=1S/C17H30N6O2.HI/c1-14(8-9-15-6-4-3-5-7-15)21-17(18-2)19-10-11-22-13-16(12-20-22)23(24)25;/h12-15H,3-11H2,1-2H3,(H2,18,19,21);1H. The highest BCUT2D eigenvalue weighted by Crippen LogP contribution is 2.27. The molecule has 0 saturated heterocycles. The van der Waals surface area contributed by atoms with E-state index in [2.05, 4.69) is 27.6 Å². The summed E-state index contributed by atoms with van der Waals surface area (Å²) in [5.41, 5.74) is 0.0128. The highest BCUT2D eigenvalue weighted by Gasteiger charge is 2.15. The van der Waals surface area contributed by atoms with Gasteiger partial charge in [0.15, 0.2) is 5.96 Å². The summed E-state index contributed by atoms with van der Waals surface area (Å²) in [7, 11) is 1.75. The highest BCUT2D eigenvalue weighted by atomic mass is 127. The predicted octanol–water partition coefficient (Wildman–Crippen LogP) is 3.32. The molecule has 1 unspecified atom stereocenters. The summed E-state index contributed by atoms with van der Waals surface area (Å²) in [6.45, 7) is 3.34. The Hall–Kier alpha value is -1.39. The normalized spacial score (nSPS) is 16.6. The molecule has 1 aromatic rings. The third-order valence-electron chi connectivity index (χ3n) is 4.80. The molecule has 0 radical (unpaired) electrons. The molecule has 1 aromatic heterocycles. The lowest BCUT2D eigenvalue weighted by atomic mass is 9.85. The van der Waals surface area contributed by atoms with Gasteiger partial charge in [-0.3, -0.25) is 19.8 Å². The van der Waals surface area contributed by atoms with Gasteiger partial charge >= 0.3 is 5.69 Å². The van der Waals surface area contributed by atoms with E-state index in [1.54, 1.807) is 11.7 Å². The van der Waals surface area contributed by atoms with Gasteiger partial charge in [0.1, 0.15) is 12.4 Å². The van der Waals surface area contributed by atoms with Crippen molar-refractivity contribution < 1.29 is 4.92 Å². The van der Waals surface area contributed by atoms with E-state index in [0.717, 1.165) is 18.3 Å². The van der Waals surface area contributed by atoms with Crippen LogP contribution in [0.15, 0.2) is 17.4 Å². The molecular formula is C17H31IN6O2. The van der Waals surface area contributed by atoms with E-state index in [1.807, 2.05) is 0 Å². The quantitative estimate of drug-likeness (QED) is 0.197. The van der Waals surface area contributed by atoms with Gasteiger partial charge in [-0.1, -0.05) is 32.1 Å². The van der Waals surface area contributed by atoms with Gasteiger partial charge in [0.25, 0.3) is 0 Å². The lowest BCUT2D eigenvalue weighted by Crippen LogP contribution is -2.43. The predicted molar refractivity (Wildman–Crippen MR) is 114 cm³/mol. The van der Waals surface area contributed by atoms with Crippen LogP contribution < -0.4 is 10.6 Å². The number of nitrogens with zero attached hydrogens (tertiary/aromatic N) is 4. The molecule has 1 aliphatic carbocycles. The zero-order valence-corrected chi connectivity index (χ0v) is 18.0. The van der Waals surface area contributed by atoms with E-state index in [-0.39, 0.29) is 29.7 Å². The second-order valence-corrected chi connectivity index (χ2v) is 6.84. The monoisotopic (exact) mass is 478 g/mol. The van der Waals surface area contributed by atoms with E-state index in [0.29, 0.717) is 19.1 Å². The first-order valence-corrected chi connectivity index (χ1v) is 9.22. The molecule has 9 heteroatoms. The van der Waals surface area contributed by atoms with Crippen LogP contribution in [0, 0.1) is 16.0 Å². The van der Waals surface area contributed by atoms with Gasteiger partial charge in [0, 0.05) is 19.6 Å². The van der Waals surface area contributed by atoms with Gasteiger partial charge < -0.3 is 10.6 Å². The van der Waals surface area contributed by atoms with Gasteiger partial charge in [-0.15, -0.1) is 24.0 Å². The first-order chi connectivity index (χ1) is 12.1. The van der Waals surface area contributed by atoms with Crippen LogP contribution >= 0.6 is 24.0 Å². The minimum Gasteiger partial charge on any atom is -0.355 e. The van der Waals surface area contributed by atoms with Crippen LogP contribution in [0.4, 0.5) is 5.69 Å². The molecule has 0 aliphatic heterocycles. The average molecular weight is 478 g/mol. The molecule has 1 saturated carbocycles. The van der Waals surface area contributed by atoms with Crippen LogP contribution in [-0.4, -0.2) is 40.3 Å². The molecule has 1 aliphatic rings. The topological polar surface area (TPSA) is 97.4 Å². The number of rotatable bonds is 8. The molecule has 1 fully saturated rings. The highest BCUT2D eigenvalue weighted by molar-refractivity contribution is 14.0. The summed E-state index contributed by atoms with van der Waals surface area (Å²) in [6, 6.07) is 0.374. The maximum atomic E-state index is 10.6. The summed E-state index contributed by atoms with van der Waals surface area (Å²) in [6.07, 6.45) is 12.1. The van der Waals surface area contributed by atoms with Gasteiger partial charge in [-0.05, 0) is 25.7 Å². The number of guanidine groups is 1. The molecular weight excluding hydrogens is 447 g/mol. The van der Waals surface area contributed by atoms with Crippen molar-refractivity contribution in [2.45, 2.75) is 64.5 Å². The van der Waals surface area contributed by atoms with E-state index in [4.69, 9.17) is 0 Å². The molecule has 8 nitrogen and oxygen atoms in total. The molecule has 0 bridgehead atoms. The Morgan fingerprint density at radius 3 is 2.81 bits per heavy atom. The van der Waals surface area contributed by atoms with Crippen LogP contribution in [-0.2, 0) is 6.54 Å². The minimum absolute atomic E-state index is 0. The summed E-state index contributed by atoms with van der Waals surface area (Å²) < 4.78 is 1.56. The van der Waals surface area contributed by atoms with Crippen molar-refractivity contribution in [3.05, 3.63) is 22.5 Å². The van der Waals surface area contributed by atoms with Crippen LogP contribution in [0.3, 0.4) is 0 Å². The van der Waals surface area contributed by atoms with Crippen LogP contribution in [0.1, 0.15) is 51.9 Å². The Morgan fingerprint density at radius 1 is 1.46 bits per heavy atom. The van der Waals surface area contributed by atoms with Gasteiger partial charge in [0.05, 0.1) is 11.5 Å². The fourth-order valence-corrected chi connectivity index (χ4v) is 3.32. The van der Waals surface area contributed by atoms with E-state index in [1.165, 1.54) is 50.9 Å². The Labute approximate surface area is 172 Å². The molecule has 2 rings (SSSR count). The second-order valence-electron chi connectivity index (χ2n) is 6.84. The largest absolute Gasteiger partial charge is 0.355 e. The minimum atomic E-state index is -0.439. The number of nitro groups is 1. The van der Waals surface area contributed by atoms with E-state index in [9.17, 15) is 10.1 Å². The molecule has 0 spiro atoms. The van der Waals surface area contributed by atoms with E-state index >= 15 is 0 Å². The van der Waals surface area contributed by atoms with Crippen molar-refractivity contribution in [3.63, 3.8) is 0 Å². The van der Waals surface area contributed by atoms with Crippen LogP contribution in [0.2, 0.25) is 0 Å². The van der Waals surface area contributed by atoms with Crippen LogP contribution in [0.25, 0.3) is 0 Å². The van der Waals surface area contributed by atoms with Crippen LogP contribution in [0.5, 0.6) is 0 Å². The Balaban J connectivity index is 0.00000338. The first-order valence-electron chi connectivity index (χ1n) is 9.22. The average Bonchev–Trinajstić information content (AvgIpc) is 3.09. The zero-order valence-electron chi connectivity index (χ0n) is 15.7. The summed E-state index contributed by atoms with van der Waals surface area (Å²) in [5.74, 6) is 1.65. The Kier molecular flexibility index (Phi) is 10.5. The number of aromatic nitrogens is 2. The number of aliphatic imine (C=N–C) groups is 1. The maximum absolute atomic E-state index is 10.6. The number of nitrogens with one attached hydrogen (secondary N) is 2. The summed E-state index contributed by atoms with van der Waals surface area (Å²) in [4.78, 5) is 14.5. The van der Waals surface area contributed by atoms with Crippen molar-refractivity contribution >= 4 is 35.6 Å². The number of halogens is 1. The van der Waals surface area contributed by atoms with Crippen molar-refractivity contribution in [1.82, 2.24) is 20.4 Å². The molecule has 148 valence electrons. The van der Waals surface area contributed by atoms with Crippen molar-refractivity contribution in [2.24, 2.45) is 10.9 Å². The number of hydrogen-bond donors (Lipinski definition) is 2. The SMILES string of the molecule is CN=C(NCCn1cc([N+](=O)[O-])cn1)NC(C)CCC1CCCCC1.I. The lowest BCUT2D eigenvalue weighted by Gasteiger charge is -2.24. The smallest absolute Gasteiger partial charge is 0.306 e. The third-order valence-corrected chi connectivity index (χ3v) is 4.80. The first kappa shape index (κ1) is 22.7. The fraction of sp³-hybridized carbons (Fsp3) is 0.765. The molecule has 0 amide bonds. The van der Waals surface area contributed by atoms with Gasteiger partial charge in [-0.2, -0.15) is 5.10 Å². The maximum Gasteiger partial charge on any atom is 0.306 e.